The molecule has 2 fully saturated rings. The summed E-state index contributed by atoms with van der Waals surface area (Å²) in [5, 5.41) is 12.1. The van der Waals surface area contributed by atoms with Crippen molar-refractivity contribution in [3.8, 4) is 11.5 Å². The van der Waals surface area contributed by atoms with Crippen LogP contribution >= 0.6 is 0 Å². The van der Waals surface area contributed by atoms with E-state index in [1.54, 1.807) is 4.90 Å². The summed E-state index contributed by atoms with van der Waals surface area (Å²) >= 11 is 0. The average molecular weight is 543 g/mol. The second kappa shape index (κ2) is 10.5. The van der Waals surface area contributed by atoms with E-state index in [9.17, 15) is 23.1 Å². The van der Waals surface area contributed by atoms with Gasteiger partial charge in [-0.1, -0.05) is 42.5 Å². The van der Waals surface area contributed by atoms with Crippen LogP contribution in [-0.4, -0.2) is 54.8 Å². The topological polar surface area (TPSA) is 81.1 Å². The van der Waals surface area contributed by atoms with Gasteiger partial charge < -0.3 is 24.2 Å². The molecule has 0 radical (unpaired) electrons. The molecule has 10 heteroatoms. The maximum Gasteiger partial charge on any atom is 0.416 e. The van der Waals surface area contributed by atoms with Crippen LogP contribution in [0, 0.1) is 0 Å². The zero-order valence-corrected chi connectivity index (χ0v) is 21.4. The normalized spacial score (nSPS) is 25.6. The highest BCUT2D eigenvalue weighted by molar-refractivity contribution is 5.57. The van der Waals surface area contributed by atoms with Crippen molar-refractivity contribution in [2.75, 3.05) is 33.4 Å². The van der Waals surface area contributed by atoms with Crippen LogP contribution in [0.2, 0.25) is 0 Å². The van der Waals surface area contributed by atoms with Gasteiger partial charge >= 0.3 is 6.18 Å². The molecule has 2 aliphatic heterocycles. The van der Waals surface area contributed by atoms with Crippen LogP contribution in [0.1, 0.15) is 41.0 Å². The quantitative estimate of drug-likeness (QED) is 0.484. The minimum atomic E-state index is -4.45. The van der Waals surface area contributed by atoms with E-state index in [2.05, 4.69) is 4.98 Å². The maximum absolute atomic E-state index is 13.2. The second-order valence-corrected chi connectivity index (χ2v) is 9.74. The summed E-state index contributed by atoms with van der Waals surface area (Å²) in [5.41, 5.74) is -1.64. The number of morpholine rings is 1. The zero-order chi connectivity index (χ0) is 27.7. The molecule has 3 unspecified atom stereocenters. The minimum absolute atomic E-state index is 0.285. The highest BCUT2D eigenvalue weighted by atomic mass is 19.4. The molecule has 7 nitrogen and oxygen atoms in total. The number of halogens is 3. The number of rotatable bonds is 4. The Morgan fingerprint density at radius 2 is 1.77 bits per heavy atom. The number of benzene rings is 2. The first-order valence-electron chi connectivity index (χ1n) is 12.7. The van der Waals surface area contributed by atoms with Gasteiger partial charge in [0, 0.05) is 19.0 Å². The molecule has 3 atom stereocenters. The molecule has 3 aliphatic rings. The third-order valence-electron chi connectivity index (χ3n) is 7.72. The molecule has 1 saturated heterocycles. The lowest BCUT2D eigenvalue weighted by molar-refractivity contribution is -0.137. The number of carbonyl (C=O) groups excluding carboxylic acids is 1. The van der Waals surface area contributed by atoms with Gasteiger partial charge in [0.05, 0.1) is 43.8 Å². The predicted octanol–water partition coefficient (Wildman–Crippen LogP) is 4.64. The van der Waals surface area contributed by atoms with Crippen LogP contribution in [-0.2, 0) is 26.9 Å². The molecule has 1 aromatic heterocycles. The summed E-state index contributed by atoms with van der Waals surface area (Å²) in [6, 6.07) is 14.5. The summed E-state index contributed by atoms with van der Waals surface area (Å²) in [6.45, 7) is 2.89. The van der Waals surface area contributed by atoms with E-state index in [1.807, 2.05) is 30.3 Å². The number of methoxy groups -OCH3 is 1. The van der Waals surface area contributed by atoms with Gasteiger partial charge in [-0.2, -0.15) is 13.2 Å². The van der Waals surface area contributed by atoms with E-state index < -0.39 is 22.9 Å². The fraction of sp³-hybridized carbons (Fsp3) is 0.379. The molecule has 1 N–H and O–H groups in total. The van der Waals surface area contributed by atoms with Crippen LogP contribution in [0.15, 0.2) is 67.0 Å². The number of ether oxygens (including phenoxy) is 3. The monoisotopic (exact) mass is 542 g/mol. The Morgan fingerprint density at radius 1 is 1.08 bits per heavy atom. The number of pyridine rings is 1. The lowest BCUT2D eigenvalue weighted by Crippen LogP contribution is -2.48. The molecule has 206 valence electrons. The first kappa shape index (κ1) is 27.0. The largest absolute Gasteiger partial charge is 0.495 e. The van der Waals surface area contributed by atoms with E-state index >= 15 is 0 Å². The Kier molecular flexibility index (Phi) is 7.26. The first-order chi connectivity index (χ1) is 18.7. The molecule has 0 bridgehead atoms. The molecule has 3 heterocycles. The number of aliphatic hydroxyl groups is 1. The Hall–Kier alpha value is -3.63. The summed E-state index contributed by atoms with van der Waals surface area (Å²) in [7, 11) is 1.49. The Bertz CT molecular complexity index is 1300. The van der Waals surface area contributed by atoms with Crippen LogP contribution < -0.4 is 9.47 Å². The Balaban J connectivity index is 0.000000332. The SMILES string of the molecule is COc1cncc2c1C1(O)CCC(c3ccccc3)C1(c1ccc(C(F)(F)F)cc1)O2.O=CN1CCOCC1. The number of aromatic nitrogens is 1. The lowest BCUT2D eigenvalue weighted by Gasteiger charge is -2.40. The molecule has 6 rings (SSSR count). The van der Waals surface area contributed by atoms with E-state index in [0.717, 1.165) is 37.2 Å². The Morgan fingerprint density at radius 3 is 2.36 bits per heavy atom. The van der Waals surface area contributed by atoms with Crippen molar-refractivity contribution in [1.82, 2.24) is 9.88 Å². The zero-order valence-electron chi connectivity index (χ0n) is 21.4. The maximum atomic E-state index is 13.2. The molecule has 1 amide bonds. The third-order valence-corrected chi connectivity index (χ3v) is 7.72. The summed E-state index contributed by atoms with van der Waals surface area (Å²) in [6.07, 6.45) is 0.393. The van der Waals surface area contributed by atoms with Gasteiger partial charge in [-0.05, 0) is 36.1 Å². The van der Waals surface area contributed by atoms with Gasteiger partial charge in [0.15, 0.2) is 5.60 Å². The average Bonchev–Trinajstić information content (AvgIpc) is 3.41. The van der Waals surface area contributed by atoms with Crippen LogP contribution in [0.3, 0.4) is 0 Å². The first-order valence-corrected chi connectivity index (χ1v) is 12.7. The number of alkyl halides is 3. The van der Waals surface area contributed by atoms with Crippen molar-refractivity contribution in [2.24, 2.45) is 0 Å². The highest BCUT2D eigenvalue weighted by Crippen LogP contribution is 2.67. The summed E-state index contributed by atoms with van der Waals surface area (Å²) in [4.78, 5) is 15.9. The van der Waals surface area contributed by atoms with Crippen molar-refractivity contribution >= 4 is 6.41 Å². The smallest absolute Gasteiger partial charge is 0.416 e. The predicted molar refractivity (Wildman–Crippen MR) is 135 cm³/mol. The van der Waals surface area contributed by atoms with Gasteiger partial charge in [0.1, 0.15) is 17.1 Å². The van der Waals surface area contributed by atoms with Crippen molar-refractivity contribution < 1.29 is 37.3 Å². The van der Waals surface area contributed by atoms with Crippen molar-refractivity contribution in [3.63, 3.8) is 0 Å². The van der Waals surface area contributed by atoms with Crippen LogP contribution in [0.5, 0.6) is 11.5 Å². The van der Waals surface area contributed by atoms with Gasteiger partial charge in [-0.15, -0.1) is 0 Å². The summed E-state index contributed by atoms with van der Waals surface area (Å²) < 4.78 is 56.5. The van der Waals surface area contributed by atoms with Crippen LogP contribution in [0.4, 0.5) is 13.2 Å². The number of amides is 1. The van der Waals surface area contributed by atoms with Gasteiger partial charge in [-0.25, -0.2) is 0 Å². The standard InChI is InChI=1S/C24H20F3NO3.C5H9NO2/c1-30-19-13-28-14-20-21(19)22(29)12-11-18(15-5-3-2-4-6-15)23(22,31-20)16-7-9-17(10-8-16)24(25,26)27;7-5-6-1-3-8-4-2-6/h2-10,13-14,18,29H,11-12H2,1H3;5H,1-4H2. The van der Waals surface area contributed by atoms with Crippen molar-refractivity contribution in [2.45, 2.75) is 36.1 Å². The van der Waals surface area contributed by atoms with E-state index in [0.29, 0.717) is 48.7 Å². The molecular formula is C29H29F3N2O5. The van der Waals surface area contributed by atoms with Crippen molar-refractivity contribution in [1.29, 1.82) is 0 Å². The number of hydrogen-bond acceptors (Lipinski definition) is 6. The van der Waals surface area contributed by atoms with Gasteiger partial charge in [-0.3, -0.25) is 9.78 Å². The van der Waals surface area contributed by atoms with E-state index in [1.165, 1.54) is 31.6 Å². The highest BCUT2D eigenvalue weighted by Gasteiger charge is 2.69. The molecule has 3 aromatic rings. The second-order valence-electron chi connectivity index (χ2n) is 9.74. The number of fused-ring (bicyclic) bond motifs is 3. The lowest BCUT2D eigenvalue weighted by atomic mass is 9.71. The van der Waals surface area contributed by atoms with Gasteiger partial charge in [0.25, 0.3) is 0 Å². The molecule has 1 aliphatic carbocycles. The van der Waals surface area contributed by atoms with Crippen LogP contribution in [0.25, 0.3) is 0 Å². The molecule has 2 aromatic carbocycles. The van der Waals surface area contributed by atoms with Gasteiger partial charge in [0.2, 0.25) is 6.41 Å². The fourth-order valence-electron chi connectivity index (χ4n) is 5.91. The summed E-state index contributed by atoms with van der Waals surface area (Å²) in [5.74, 6) is 0.484. The van der Waals surface area contributed by atoms with E-state index in [-0.39, 0.29) is 5.92 Å². The fourth-order valence-corrected chi connectivity index (χ4v) is 5.91. The molecule has 39 heavy (non-hydrogen) atoms. The minimum Gasteiger partial charge on any atom is -0.495 e. The number of nitrogens with zero attached hydrogens (tertiary/aromatic N) is 2. The molecule has 1 saturated carbocycles. The van der Waals surface area contributed by atoms with E-state index in [4.69, 9.17) is 14.2 Å². The van der Waals surface area contributed by atoms with Crippen molar-refractivity contribution in [3.05, 3.63) is 89.2 Å². The Labute approximate surface area is 224 Å². The number of carbonyl (C=O) groups is 1. The molecular weight excluding hydrogens is 513 g/mol. The molecule has 0 spiro atoms. The third kappa shape index (κ3) is 4.61. The number of hydrogen-bond donors (Lipinski definition) is 1.